The second kappa shape index (κ2) is 5.63. The van der Waals surface area contributed by atoms with E-state index >= 15 is 0 Å². The molecule has 0 fully saturated rings. The smallest absolute Gasteiger partial charge is 0.182 e. The molecule has 1 aliphatic carbocycles. The fourth-order valence-corrected chi connectivity index (χ4v) is 4.68. The van der Waals surface area contributed by atoms with E-state index in [1.165, 1.54) is 11.1 Å². The lowest BCUT2D eigenvalue weighted by molar-refractivity contribution is 0.505. The monoisotopic (exact) mass is 281 g/mol. The fourth-order valence-electron chi connectivity index (χ4n) is 2.93. The minimum atomic E-state index is -3.25. The molecule has 1 N–H and O–H groups in total. The molecule has 4 heteroatoms. The molecule has 2 rings (SSSR count). The van der Waals surface area contributed by atoms with E-state index in [-0.39, 0.29) is 6.04 Å². The summed E-state index contributed by atoms with van der Waals surface area (Å²) in [5, 5.41) is 2.70. The molecule has 0 heterocycles. The Morgan fingerprint density at radius 1 is 1.26 bits per heavy atom. The zero-order valence-corrected chi connectivity index (χ0v) is 12.8. The third-order valence-electron chi connectivity index (χ3n) is 4.27. The van der Waals surface area contributed by atoms with E-state index in [9.17, 15) is 8.42 Å². The maximum absolute atomic E-state index is 12.7. The highest BCUT2D eigenvalue weighted by Gasteiger charge is 2.29. The molecule has 3 nitrogen and oxygen atoms in total. The summed E-state index contributed by atoms with van der Waals surface area (Å²) < 4.78 is 25.3. The minimum absolute atomic E-state index is 0.00162. The molecule has 1 aromatic rings. The van der Waals surface area contributed by atoms with Crippen molar-refractivity contribution in [2.45, 2.75) is 55.7 Å². The predicted molar refractivity (Wildman–Crippen MR) is 78.3 cm³/mol. The van der Waals surface area contributed by atoms with Gasteiger partial charge in [-0.3, -0.25) is 0 Å². The van der Waals surface area contributed by atoms with Gasteiger partial charge >= 0.3 is 0 Å². The summed E-state index contributed by atoms with van der Waals surface area (Å²) in [6.45, 7) is 3.81. The predicted octanol–water partition coefficient (Wildman–Crippen LogP) is 2.34. The standard InChI is InChI=1S/C15H23NO2S/c1-4-15(16-3)11(2)19(17,18)14-9-8-12-6-5-7-13(12)10-14/h8-11,15-16H,4-7H2,1-3H3. The van der Waals surface area contributed by atoms with Crippen LogP contribution in [0.5, 0.6) is 0 Å². The van der Waals surface area contributed by atoms with Gasteiger partial charge in [-0.1, -0.05) is 13.0 Å². The van der Waals surface area contributed by atoms with Gasteiger partial charge in [0.25, 0.3) is 0 Å². The molecule has 0 radical (unpaired) electrons. The van der Waals surface area contributed by atoms with E-state index in [1.807, 2.05) is 26.1 Å². The number of rotatable bonds is 5. The average Bonchev–Trinajstić information content (AvgIpc) is 2.87. The Hall–Kier alpha value is -0.870. The van der Waals surface area contributed by atoms with Crippen molar-refractivity contribution in [3.05, 3.63) is 29.3 Å². The summed E-state index contributed by atoms with van der Waals surface area (Å²) in [7, 11) is -1.42. The molecule has 0 aliphatic heterocycles. The van der Waals surface area contributed by atoms with Crippen LogP contribution < -0.4 is 5.32 Å². The van der Waals surface area contributed by atoms with Gasteiger partial charge in [0.1, 0.15) is 0 Å². The second-order valence-corrected chi connectivity index (χ2v) is 7.64. The molecule has 1 aromatic carbocycles. The Morgan fingerprint density at radius 2 is 1.95 bits per heavy atom. The van der Waals surface area contributed by atoms with Gasteiger partial charge < -0.3 is 5.32 Å². The van der Waals surface area contributed by atoms with Crippen LogP contribution in [0.1, 0.15) is 37.8 Å². The van der Waals surface area contributed by atoms with Crippen LogP contribution in [-0.4, -0.2) is 26.8 Å². The first-order chi connectivity index (χ1) is 9.00. The minimum Gasteiger partial charge on any atom is -0.316 e. The van der Waals surface area contributed by atoms with E-state index in [1.54, 1.807) is 13.0 Å². The maximum atomic E-state index is 12.7. The third kappa shape index (κ3) is 2.70. The summed E-state index contributed by atoms with van der Waals surface area (Å²) in [4.78, 5) is 0.481. The highest BCUT2D eigenvalue weighted by atomic mass is 32.2. The summed E-state index contributed by atoms with van der Waals surface area (Å²) in [5.74, 6) is 0. The van der Waals surface area contributed by atoms with Crippen LogP contribution in [0.4, 0.5) is 0 Å². The van der Waals surface area contributed by atoms with Crippen LogP contribution in [0, 0.1) is 0 Å². The number of hydrogen-bond donors (Lipinski definition) is 1. The van der Waals surface area contributed by atoms with Gasteiger partial charge in [0.2, 0.25) is 0 Å². The largest absolute Gasteiger partial charge is 0.316 e. The molecule has 106 valence electrons. The van der Waals surface area contributed by atoms with Crippen molar-refractivity contribution in [1.29, 1.82) is 0 Å². The summed E-state index contributed by atoms with van der Waals surface area (Å²) in [6, 6.07) is 5.65. The lowest BCUT2D eigenvalue weighted by Crippen LogP contribution is -2.40. The van der Waals surface area contributed by atoms with Gasteiger partial charge in [0, 0.05) is 6.04 Å². The van der Waals surface area contributed by atoms with Crippen molar-refractivity contribution in [3.8, 4) is 0 Å². The van der Waals surface area contributed by atoms with Crippen LogP contribution in [0.15, 0.2) is 23.1 Å². The highest BCUT2D eigenvalue weighted by molar-refractivity contribution is 7.92. The number of sulfone groups is 1. The van der Waals surface area contributed by atoms with E-state index in [2.05, 4.69) is 5.32 Å². The van der Waals surface area contributed by atoms with E-state index in [0.29, 0.717) is 4.90 Å². The van der Waals surface area contributed by atoms with Crippen molar-refractivity contribution < 1.29 is 8.42 Å². The van der Waals surface area contributed by atoms with Gasteiger partial charge in [0.15, 0.2) is 9.84 Å². The summed E-state index contributed by atoms with van der Waals surface area (Å²) in [6.07, 6.45) is 4.04. The van der Waals surface area contributed by atoms with Gasteiger partial charge in [0.05, 0.1) is 10.1 Å². The molecule has 0 spiro atoms. The normalized spacial score (nSPS) is 18.1. The first kappa shape index (κ1) is 14.5. The maximum Gasteiger partial charge on any atom is 0.182 e. The molecule has 2 unspecified atom stereocenters. The number of hydrogen-bond acceptors (Lipinski definition) is 3. The van der Waals surface area contributed by atoms with Gasteiger partial charge in [-0.2, -0.15) is 0 Å². The third-order valence-corrected chi connectivity index (χ3v) is 6.48. The molecule has 0 amide bonds. The zero-order chi connectivity index (χ0) is 14.0. The molecule has 2 atom stereocenters. The summed E-state index contributed by atoms with van der Waals surface area (Å²) >= 11 is 0. The molecule has 0 saturated heterocycles. The molecule has 0 aromatic heterocycles. The highest BCUT2D eigenvalue weighted by Crippen LogP contribution is 2.27. The number of nitrogens with one attached hydrogen (secondary N) is 1. The Morgan fingerprint density at radius 3 is 2.58 bits per heavy atom. The Labute approximate surface area is 116 Å². The molecule has 0 saturated carbocycles. The topological polar surface area (TPSA) is 46.2 Å². The van der Waals surface area contributed by atoms with Crippen molar-refractivity contribution >= 4 is 9.84 Å². The van der Waals surface area contributed by atoms with Crippen LogP contribution >= 0.6 is 0 Å². The Balaban J connectivity index is 2.34. The summed E-state index contributed by atoms with van der Waals surface area (Å²) in [5.41, 5.74) is 2.53. The number of fused-ring (bicyclic) bond motifs is 1. The van der Waals surface area contributed by atoms with Crippen LogP contribution in [-0.2, 0) is 22.7 Å². The van der Waals surface area contributed by atoms with Crippen molar-refractivity contribution in [3.63, 3.8) is 0 Å². The van der Waals surface area contributed by atoms with Crippen molar-refractivity contribution in [2.24, 2.45) is 0 Å². The second-order valence-electron chi connectivity index (χ2n) is 5.34. The number of aryl methyl sites for hydroxylation is 2. The molecule has 1 aliphatic rings. The SMILES string of the molecule is CCC(NC)C(C)S(=O)(=O)c1ccc2c(c1)CCC2. The molecular formula is C15H23NO2S. The lowest BCUT2D eigenvalue weighted by Gasteiger charge is -2.22. The van der Waals surface area contributed by atoms with Crippen LogP contribution in [0.2, 0.25) is 0 Å². The van der Waals surface area contributed by atoms with Crippen LogP contribution in [0.3, 0.4) is 0 Å². The fraction of sp³-hybridized carbons (Fsp3) is 0.600. The quantitative estimate of drug-likeness (QED) is 0.901. The molecule has 0 bridgehead atoms. The lowest BCUT2D eigenvalue weighted by atomic mass is 10.1. The van der Waals surface area contributed by atoms with Gasteiger partial charge in [-0.15, -0.1) is 0 Å². The molecule has 19 heavy (non-hydrogen) atoms. The van der Waals surface area contributed by atoms with Crippen molar-refractivity contribution in [1.82, 2.24) is 5.32 Å². The van der Waals surface area contributed by atoms with E-state index < -0.39 is 15.1 Å². The van der Waals surface area contributed by atoms with Crippen LogP contribution in [0.25, 0.3) is 0 Å². The van der Waals surface area contributed by atoms with E-state index in [0.717, 1.165) is 25.7 Å². The van der Waals surface area contributed by atoms with Gasteiger partial charge in [-0.05, 0) is 62.9 Å². The number of benzene rings is 1. The Kier molecular flexibility index (Phi) is 4.31. The zero-order valence-electron chi connectivity index (χ0n) is 11.9. The first-order valence-corrected chi connectivity index (χ1v) is 8.58. The van der Waals surface area contributed by atoms with Crippen molar-refractivity contribution in [2.75, 3.05) is 7.05 Å². The molecular weight excluding hydrogens is 258 g/mol. The van der Waals surface area contributed by atoms with E-state index in [4.69, 9.17) is 0 Å². The first-order valence-electron chi connectivity index (χ1n) is 7.03. The average molecular weight is 281 g/mol. The van der Waals surface area contributed by atoms with Gasteiger partial charge in [-0.25, -0.2) is 8.42 Å². The Bertz CT molecular complexity index is 547.